The summed E-state index contributed by atoms with van der Waals surface area (Å²) < 4.78 is 1.77. The number of anilines is 3. The molecule has 0 aliphatic carbocycles. The highest BCUT2D eigenvalue weighted by molar-refractivity contribution is 5.94. The molecule has 2 aromatic carbocycles. The Hall–Kier alpha value is -3.99. The van der Waals surface area contributed by atoms with Crippen molar-refractivity contribution in [3.63, 3.8) is 0 Å². The number of aliphatic hydroxyl groups is 2. The van der Waals surface area contributed by atoms with E-state index in [1.807, 2.05) is 66.7 Å². The number of benzene rings is 2. The number of aryl methyl sites for hydroxylation is 1. The molecule has 0 spiro atoms. The molecule has 2 saturated heterocycles. The number of pyridine rings is 1. The van der Waals surface area contributed by atoms with E-state index in [0.717, 1.165) is 35.7 Å². The van der Waals surface area contributed by atoms with Crippen LogP contribution in [-0.2, 0) is 5.60 Å². The molecule has 2 aliphatic heterocycles. The van der Waals surface area contributed by atoms with Gasteiger partial charge in [0.2, 0.25) is 5.95 Å². The molecule has 0 bridgehead atoms. The van der Waals surface area contributed by atoms with Crippen LogP contribution < -0.4 is 10.2 Å². The lowest BCUT2D eigenvalue weighted by atomic mass is 9.84. The number of carbonyl (C=O) groups excluding carboxylic acids is 1. The summed E-state index contributed by atoms with van der Waals surface area (Å²) in [4.78, 5) is 24.2. The summed E-state index contributed by atoms with van der Waals surface area (Å²) in [6.45, 7) is 6.30. The maximum absolute atomic E-state index is 13.2. The number of nitrogens with zero attached hydrogens (tertiary/aromatic N) is 6. The summed E-state index contributed by atoms with van der Waals surface area (Å²) in [5.74, 6) is 0.496. The summed E-state index contributed by atoms with van der Waals surface area (Å²) in [5.41, 5.74) is 4.46. The Morgan fingerprint density at radius 1 is 1.00 bits per heavy atom. The van der Waals surface area contributed by atoms with Crippen LogP contribution in [0.3, 0.4) is 0 Å². The molecule has 2 aliphatic rings. The van der Waals surface area contributed by atoms with Crippen LogP contribution in [0.15, 0.2) is 66.9 Å². The fourth-order valence-electron chi connectivity index (χ4n) is 6.05. The first-order valence-corrected chi connectivity index (χ1v) is 14.7. The van der Waals surface area contributed by atoms with Gasteiger partial charge in [-0.15, -0.1) is 5.10 Å². The normalized spacial score (nSPS) is 19.6. The molecule has 1 amide bonds. The average Bonchev–Trinajstić information content (AvgIpc) is 3.31. The van der Waals surface area contributed by atoms with Gasteiger partial charge in [0.05, 0.1) is 11.3 Å². The van der Waals surface area contributed by atoms with Gasteiger partial charge < -0.3 is 30.2 Å². The van der Waals surface area contributed by atoms with Gasteiger partial charge in [0.15, 0.2) is 5.65 Å². The van der Waals surface area contributed by atoms with Crippen LogP contribution in [0.1, 0.15) is 34.3 Å². The number of aliphatic hydroxyl groups excluding tert-OH is 1. The van der Waals surface area contributed by atoms with Gasteiger partial charge in [-0.05, 0) is 68.8 Å². The van der Waals surface area contributed by atoms with Gasteiger partial charge >= 0.3 is 0 Å². The van der Waals surface area contributed by atoms with E-state index in [1.54, 1.807) is 4.52 Å². The maximum Gasteiger partial charge on any atom is 0.253 e. The van der Waals surface area contributed by atoms with Crippen molar-refractivity contribution in [2.24, 2.45) is 5.92 Å². The predicted molar refractivity (Wildman–Crippen MR) is 163 cm³/mol. The van der Waals surface area contributed by atoms with Crippen molar-refractivity contribution >= 4 is 28.9 Å². The third-order valence-corrected chi connectivity index (χ3v) is 8.60. The molecule has 42 heavy (non-hydrogen) atoms. The van der Waals surface area contributed by atoms with Crippen molar-refractivity contribution in [2.75, 3.05) is 63.1 Å². The third kappa shape index (κ3) is 5.83. The molecule has 0 radical (unpaired) electrons. The number of hydrogen-bond acceptors (Lipinski definition) is 8. The van der Waals surface area contributed by atoms with E-state index in [-0.39, 0.29) is 18.4 Å². The second-order valence-electron chi connectivity index (χ2n) is 11.7. The van der Waals surface area contributed by atoms with Crippen molar-refractivity contribution in [3.8, 4) is 0 Å². The number of hydrogen-bond donors (Lipinski definition) is 3. The van der Waals surface area contributed by atoms with Crippen LogP contribution in [0.5, 0.6) is 0 Å². The summed E-state index contributed by atoms with van der Waals surface area (Å²) in [7, 11) is 2.02. The second kappa shape index (κ2) is 11.7. The molecule has 4 aromatic rings. The number of carbonyl (C=O) groups is 1. The lowest BCUT2D eigenvalue weighted by Crippen LogP contribution is -2.42. The van der Waals surface area contributed by atoms with Crippen molar-refractivity contribution in [3.05, 3.63) is 83.6 Å². The largest absolute Gasteiger partial charge is 0.396 e. The SMILES string of the molecule is Cc1ccc(C2(O)CCN(c3cccn4nc(Nc5ccc(C(=O)N6CCN(C)CC(CO)C6)cc5)nc34)CC2)cc1. The van der Waals surface area contributed by atoms with Crippen LogP contribution in [0.4, 0.5) is 17.3 Å². The fourth-order valence-corrected chi connectivity index (χ4v) is 6.05. The monoisotopic (exact) mass is 569 g/mol. The molecule has 0 saturated carbocycles. The Kier molecular flexibility index (Phi) is 7.85. The van der Waals surface area contributed by atoms with E-state index in [9.17, 15) is 15.0 Å². The Balaban J connectivity index is 1.13. The minimum atomic E-state index is -0.826. The van der Waals surface area contributed by atoms with Crippen LogP contribution in [0, 0.1) is 12.8 Å². The molecule has 2 fully saturated rings. The summed E-state index contributed by atoms with van der Waals surface area (Å²) in [6.07, 6.45) is 3.15. The molecular weight excluding hydrogens is 530 g/mol. The van der Waals surface area contributed by atoms with E-state index >= 15 is 0 Å². The zero-order chi connectivity index (χ0) is 29.3. The first-order chi connectivity index (χ1) is 20.3. The molecule has 1 unspecified atom stereocenters. The van der Waals surface area contributed by atoms with E-state index in [0.29, 0.717) is 50.5 Å². The van der Waals surface area contributed by atoms with Gasteiger partial charge in [-0.3, -0.25) is 4.79 Å². The second-order valence-corrected chi connectivity index (χ2v) is 11.7. The van der Waals surface area contributed by atoms with Crippen LogP contribution in [-0.4, -0.2) is 93.4 Å². The van der Waals surface area contributed by atoms with Gasteiger partial charge in [-0.2, -0.15) is 4.98 Å². The highest BCUT2D eigenvalue weighted by atomic mass is 16.3. The molecule has 3 N–H and O–H groups in total. The summed E-state index contributed by atoms with van der Waals surface area (Å²) >= 11 is 0. The topological polar surface area (TPSA) is 109 Å². The molecule has 6 rings (SSSR count). The number of amides is 1. The lowest BCUT2D eigenvalue weighted by molar-refractivity contribution is 0.0118. The average molecular weight is 570 g/mol. The fraction of sp³-hybridized carbons (Fsp3) is 0.406. The Bertz CT molecular complexity index is 1530. The van der Waals surface area contributed by atoms with Gasteiger partial charge in [-0.1, -0.05) is 29.8 Å². The zero-order valence-corrected chi connectivity index (χ0v) is 24.3. The highest BCUT2D eigenvalue weighted by Gasteiger charge is 2.34. The maximum atomic E-state index is 13.2. The third-order valence-electron chi connectivity index (χ3n) is 8.60. The quantitative estimate of drug-likeness (QED) is 0.325. The molecule has 1 atom stereocenters. The van der Waals surface area contributed by atoms with Crippen LogP contribution >= 0.6 is 0 Å². The van der Waals surface area contributed by atoms with Crippen molar-refractivity contribution < 1.29 is 15.0 Å². The van der Waals surface area contributed by atoms with E-state index in [1.165, 1.54) is 5.56 Å². The predicted octanol–water partition coefficient (Wildman–Crippen LogP) is 3.27. The minimum Gasteiger partial charge on any atom is -0.396 e. The van der Waals surface area contributed by atoms with Gasteiger partial charge in [0.1, 0.15) is 0 Å². The van der Waals surface area contributed by atoms with Crippen molar-refractivity contribution in [1.82, 2.24) is 24.4 Å². The number of fused-ring (bicyclic) bond motifs is 1. The lowest BCUT2D eigenvalue weighted by Gasteiger charge is -2.39. The zero-order valence-electron chi connectivity index (χ0n) is 24.3. The van der Waals surface area contributed by atoms with E-state index in [2.05, 4.69) is 39.3 Å². The number of nitrogens with one attached hydrogen (secondary N) is 1. The molecule has 10 heteroatoms. The highest BCUT2D eigenvalue weighted by Crippen LogP contribution is 2.35. The Labute approximate surface area is 246 Å². The number of rotatable bonds is 6. The number of piperidine rings is 1. The van der Waals surface area contributed by atoms with Crippen LogP contribution in [0.2, 0.25) is 0 Å². The molecule has 4 heterocycles. The van der Waals surface area contributed by atoms with Gasteiger partial charge in [-0.25, -0.2) is 4.52 Å². The molecule has 220 valence electrons. The van der Waals surface area contributed by atoms with E-state index in [4.69, 9.17) is 4.98 Å². The first kappa shape index (κ1) is 28.1. The number of aromatic nitrogens is 3. The molecule has 10 nitrogen and oxygen atoms in total. The van der Waals surface area contributed by atoms with Gasteiger partial charge in [0, 0.05) is 69.2 Å². The smallest absolute Gasteiger partial charge is 0.253 e. The molecular formula is C32H39N7O3. The number of likely N-dealkylation sites (N-methyl/N-ethyl adjacent to an activating group) is 1. The summed E-state index contributed by atoms with van der Waals surface area (Å²) in [6, 6.07) is 19.5. The van der Waals surface area contributed by atoms with Crippen LogP contribution in [0.25, 0.3) is 5.65 Å². The standard InChI is InChI=1S/C32H39N7O3/c1-23-5-9-26(10-6-23)32(42)13-16-37(17-14-32)28-4-3-15-39-29(28)34-31(35-39)33-27-11-7-25(8-12-27)30(41)38-19-18-36(2)20-24(21-38)22-40/h3-12,15,24,40,42H,13-14,16-22H2,1-2H3,(H,33,35). The van der Waals surface area contributed by atoms with Crippen molar-refractivity contribution in [1.29, 1.82) is 0 Å². The molecule has 2 aromatic heterocycles. The minimum absolute atomic E-state index is 0.0263. The van der Waals surface area contributed by atoms with Crippen molar-refractivity contribution in [2.45, 2.75) is 25.4 Å². The van der Waals surface area contributed by atoms with E-state index < -0.39 is 5.60 Å². The summed E-state index contributed by atoms with van der Waals surface area (Å²) in [5, 5.41) is 28.9. The Morgan fingerprint density at radius 2 is 1.74 bits per heavy atom. The Morgan fingerprint density at radius 3 is 2.45 bits per heavy atom. The van der Waals surface area contributed by atoms with Gasteiger partial charge in [0.25, 0.3) is 5.91 Å². The first-order valence-electron chi connectivity index (χ1n) is 14.7.